The standard InChI is InChI=1S/C34H35F4N3O6S/c1-31(2,3)48(45)41-32(4)18-47-29-25(32)15-27(40-28(29)20-8-10-23(35)11-9-20)33(44,34(36,37)38)17-39-30(43)22-13-21-7-6-19(16-42)12-24(21)26(14-22)46-5/h6-15,41-42,44H,16-18H2,1-5H3,(H,39,43)/t32-,33-,48?/m1/s1. The fourth-order valence-electron chi connectivity index (χ4n) is 5.26. The van der Waals surface area contributed by atoms with Crippen LogP contribution in [-0.4, -0.2) is 56.8 Å². The van der Waals surface area contributed by atoms with Crippen molar-refractivity contribution < 1.29 is 46.6 Å². The summed E-state index contributed by atoms with van der Waals surface area (Å²) in [6.07, 6.45) is -5.35. The monoisotopic (exact) mass is 689 g/mol. The number of pyridine rings is 1. The van der Waals surface area contributed by atoms with E-state index in [4.69, 9.17) is 9.47 Å². The van der Waals surface area contributed by atoms with Crippen LogP contribution in [0.4, 0.5) is 17.6 Å². The van der Waals surface area contributed by atoms with Gasteiger partial charge >= 0.3 is 6.18 Å². The predicted molar refractivity (Wildman–Crippen MR) is 172 cm³/mol. The normalized spacial score (nSPS) is 18.2. The third kappa shape index (κ3) is 6.67. The fraction of sp³-hybridized carbons (Fsp3) is 0.353. The van der Waals surface area contributed by atoms with Crippen LogP contribution < -0.4 is 19.5 Å². The van der Waals surface area contributed by atoms with E-state index in [9.17, 15) is 37.1 Å². The van der Waals surface area contributed by atoms with Crippen molar-refractivity contribution in [3.8, 4) is 22.8 Å². The number of methoxy groups -OCH3 is 1. The van der Waals surface area contributed by atoms with Gasteiger partial charge < -0.3 is 29.6 Å². The first-order chi connectivity index (χ1) is 22.4. The number of halogens is 4. The molecular weight excluding hydrogens is 654 g/mol. The molecule has 0 radical (unpaired) electrons. The fourth-order valence-corrected chi connectivity index (χ4v) is 6.14. The summed E-state index contributed by atoms with van der Waals surface area (Å²) >= 11 is -1.68. The average molecular weight is 690 g/mol. The van der Waals surface area contributed by atoms with Crippen molar-refractivity contribution in [2.45, 2.75) is 56.4 Å². The molecular formula is C34H35F4N3O6S. The maximum Gasteiger partial charge on any atom is 0.424 e. The van der Waals surface area contributed by atoms with Gasteiger partial charge in [-0.2, -0.15) is 13.2 Å². The van der Waals surface area contributed by atoms with Crippen LogP contribution in [0.5, 0.6) is 11.5 Å². The van der Waals surface area contributed by atoms with Crippen LogP contribution in [0.15, 0.2) is 60.7 Å². The Bertz CT molecular complexity index is 1850. The number of hydrogen-bond acceptors (Lipinski definition) is 8. The number of aromatic nitrogens is 1. The number of amides is 1. The molecule has 5 rings (SSSR count). The van der Waals surface area contributed by atoms with Gasteiger partial charge in [0.1, 0.15) is 34.2 Å². The number of nitrogens with one attached hydrogen (secondary N) is 2. The predicted octanol–water partition coefficient (Wildman–Crippen LogP) is 5.38. The number of hydrogen-bond donors (Lipinski definition) is 4. The smallest absolute Gasteiger partial charge is 0.424 e. The van der Waals surface area contributed by atoms with E-state index in [1.165, 1.54) is 31.4 Å². The molecule has 0 aliphatic carbocycles. The van der Waals surface area contributed by atoms with Crippen molar-refractivity contribution in [1.82, 2.24) is 15.0 Å². The Morgan fingerprint density at radius 2 is 1.79 bits per heavy atom. The second-order valence-electron chi connectivity index (χ2n) is 12.8. The molecule has 1 unspecified atom stereocenters. The highest BCUT2D eigenvalue weighted by Gasteiger charge is 2.57. The topological polar surface area (TPSA) is 136 Å². The van der Waals surface area contributed by atoms with Gasteiger partial charge in [0.15, 0.2) is 5.75 Å². The summed E-state index contributed by atoms with van der Waals surface area (Å²) in [5, 5.41) is 24.2. The van der Waals surface area contributed by atoms with Crippen LogP contribution in [0.3, 0.4) is 0 Å². The van der Waals surface area contributed by atoms with Gasteiger partial charge in [0, 0.05) is 33.4 Å². The highest BCUT2D eigenvalue weighted by molar-refractivity contribution is 7.90. The molecule has 1 amide bonds. The molecule has 1 aliphatic heterocycles. The van der Waals surface area contributed by atoms with Crippen molar-refractivity contribution in [2.24, 2.45) is 0 Å². The van der Waals surface area contributed by atoms with Gasteiger partial charge in [-0.1, -0.05) is 12.1 Å². The summed E-state index contributed by atoms with van der Waals surface area (Å²) in [5.41, 5.74) is -5.06. The van der Waals surface area contributed by atoms with Crippen LogP contribution in [-0.2, 0) is 29.1 Å². The van der Waals surface area contributed by atoms with Gasteiger partial charge in [-0.15, -0.1) is 4.72 Å². The molecule has 48 heavy (non-hydrogen) atoms. The largest absolute Gasteiger partial charge is 0.598 e. The first kappa shape index (κ1) is 35.4. The summed E-state index contributed by atoms with van der Waals surface area (Å²) in [6, 6.07) is 13.6. The molecule has 0 fully saturated rings. The minimum atomic E-state index is -5.35. The van der Waals surface area contributed by atoms with E-state index < -0.39 is 57.4 Å². The van der Waals surface area contributed by atoms with E-state index >= 15 is 0 Å². The molecule has 0 saturated heterocycles. The number of benzene rings is 3. The van der Waals surface area contributed by atoms with E-state index in [1.807, 2.05) is 0 Å². The van der Waals surface area contributed by atoms with Crippen molar-refractivity contribution in [3.63, 3.8) is 0 Å². The zero-order chi connectivity index (χ0) is 35.2. The summed E-state index contributed by atoms with van der Waals surface area (Å²) in [6.45, 7) is 5.08. The molecule has 256 valence electrons. The molecule has 1 aliphatic rings. The van der Waals surface area contributed by atoms with E-state index in [2.05, 4.69) is 15.0 Å². The molecule has 0 saturated carbocycles. The quantitative estimate of drug-likeness (QED) is 0.136. The number of rotatable bonds is 9. The summed E-state index contributed by atoms with van der Waals surface area (Å²) in [4.78, 5) is 17.5. The Labute approximate surface area is 277 Å². The van der Waals surface area contributed by atoms with Crippen LogP contribution in [0.1, 0.15) is 54.9 Å². The first-order valence-electron chi connectivity index (χ1n) is 14.8. The molecule has 0 spiro atoms. The van der Waals surface area contributed by atoms with Crippen LogP contribution in [0.2, 0.25) is 0 Å². The Morgan fingerprint density at radius 1 is 1.10 bits per heavy atom. The van der Waals surface area contributed by atoms with Gasteiger partial charge in [0.2, 0.25) is 5.60 Å². The van der Waals surface area contributed by atoms with E-state index in [0.717, 1.165) is 18.2 Å². The number of nitrogens with zero attached hydrogens (tertiary/aromatic N) is 1. The lowest BCUT2D eigenvalue weighted by atomic mass is 9.89. The minimum Gasteiger partial charge on any atom is -0.598 e. The van der Waals surface area contributed by atoms with Crippen molar-refractivity contribution in [1.29, 1.82) is 0 Å². The van der Waals surface area contributed by atoms with Crippen LogP contribution >= 0.6 is 0 Å². The minimum absolute atomic E-state index is 0.0376. The van der Waals surface area contributed by atoms with E-state index in [-0.39, 0.29) is 47.1 Å². The summed E-state index contributed by atoms with van der Waals surface area (Å²) < 4.78 is 85.2. The maximum atomic E-state index is 14.9. The lowest BCUT2D eigenvalue weighted by Gasteiger charge is -2.33. The zero-order valence-electron chi connectivity index (χ0n) is 26.8. The average Bonchev–Trinajstić information content (AvgIpc) is 3.37. The molecule has 4 aromatic rings. The van der Waals surface area contributed by atoms with Crippen LogP contribution in [0.25, 0.3) is 22.0 Å². The Morgan fingerprint density at radius 3 is 2.40 bits per heavy atom. The number of aliphatic hydroxyl groups excluding tert-OH is 1. The van der Waals surface area contributed by atoms with Gasteiger partial charge in [-0.05, 0) is 87.2 Å². The number of carbonyl (C=O) groups is 1. The van der Waals surface area contributed by atoms with Crippen molar-refractivity contribution >= 4 is 28.0 Å². The third-order valence-corrected chi connectivity index (χ3v) is 9.86. The maximum absolute atomic E-state index is 14.9. The number of fused-ring (bicyclic) bond motifs is 2. The first-order valence-corrected chi connectivity index (χ1v) is 16.0. The van der Waals surface area contributed by atoms with E-state index in [1.54, 1.807) is 45.9 Å². The molecule has 3 aromatic carbocycles. The van der Waals surface area contributed by atoms with Crippen molar-refractivity contribution in [3.05, 3.63) is 88.9 Å². The number of ether oxygens (including phenoxy) is 2. The lowest BCUT2D eigenvalue weighted by Crippen LogP contribution is -2.52. The number of alkyl halides is 3. The number of aliphatic hydroxyl groups is 2. The van der Waals surface area contributed by atoms with Gasteiger partial charge in [-0.25, -0.2) is 9.37 Å². The summed E-state index contributed by atoms with van der Waals surface area (Å²) in [5.74, 6) is -1.19. The second-order valence-corrected chi connectivity index (χ2v) is 14.7. The summed E-state index contributed by atoms with van der Waals surface area (Å²) in [7, 11) is 1.37. The molecule has 1 aromatic heterocycles. The molecule has 4 N–H and O–H groups in total. The molecule has 0 bridgehead atoms. The molecule has 9 nitrogen and oxygen atoms in total. The Hall–Kier alpha value is -3.95. The second kappa shape index (κ2) is 12.8. The van der Waals surface area contributed by atoms with E-state index in [0.29, 0.717) is 16.3 Å². The zero-order valence-corrected chi connectivity index (χ0v) is 27.6. The molecule has 2 heterocycles. The Kier molecular flexibility index (Phi) is 9.45. The van der Waals surface area contributed by atoms with Crippen molar-refractivity contribution in [2.75, 3.05) is 20.3 Å². The highest BCUT2D eigenvalue weighted by atomic mass is 32.2. The number of carbonyl (C=O) groups excluding carboxylic acids is 1. The lowest BCUT2D eigenvalue weighted by molar-refractivity contribution is -0.265. The highest BCUT2D eigenvalue weighted by Crippen LogP contribution is 2.47. The third-order valence-electron chi connectivity index (χ3n) is 8.11. The van der Waals surface area contributed by atoms with Crippen LogP contribution in [0, 0.1) is 5.82 Å². The SMILES string of the molecule is COc1cc(C(=O)NC[C@@](O)(c2cc3c(c(-c4ccc(F)cc4)n2)OC[C@@]3(C)N[S+]([O-])C(C)(C)C)C(F)(F)F)cc2ccc(CO)cc12. The van der Waals surface area contributed by atoms with Gasteiger partial charge in [0.05, 0.1) is 26.0 Å². The molecule has 3 atom stereocenters. The Balaban J connectivity index is 1.58. The van der Waals surface area contributed by atoms with Gasteiger partial charge in [0.25, 0.3) is 5.91 Å². The van der Waals surface area contributed by atoms with Gasteiger partial charge in [-0.3, -0.25) is 4.79 Å². The molecule has 14 heteroatoms.